The molecule has 5 nitrogen and oxygen atoms in total. The Balaban J connectivity index is 2.19. The highest BCUT2D eigenvalue weighted by Crippen LogP contribution is 2.22. The summed E-state index contributed by atoms with van der Waals surface area (Å²) in [7, 11) is 0. The fraction of sp³-hybridized carbons (Fsp3) is 0.333. The van der Waals surface area contributed by atoms with Gasteiger partial charge in [-0.3, -0.25) is 4.79 Å². The number of carbonyl (C=O) groups excluding carboxylic acids is 2. The molecule has 0 saturated carbocycles. The quantitative estimate of drug-likeness (QED) is 0.880. The third-order valence-electron chi connectivity index (χ3n) is 2.68. The van der Waals surface area contributed by atoms with E-state index in [1.165, 1.54) is 18.2 Å². The van der Waals surface area contributed by atoms with Crippen molar-refractivity contribution in [2.24, 2.45) is 0 Å². The van der Waals surface area contributed by atoms with E-state index in [2.05, 4.69) is 5.32 Å². The first kappa shape index (κ1) is 12.9. The predicted octanol–water partition coefficient (Wildman–Crippen LogP) is 0.821. The van der Waals surface area contributed by atoms with Crippen LogP contribution >= 0.6 is 11.6 Å². The Kier molecular flexibility index (Phi) is 3.84. The fourth-order valence-corrected chi connectivity index (χ4v) is 1.97. The van der Waals surface area contributed by atoms with Gasteiger partial charge in [-0.1, -0.05) is 11.6 Å². The molecule has 0 spiro atoms. The molecule has 0 aromatic heterocycles. The highest BCUT2D eigenvalue weighted by Gasteiger charge is 2.24. The maximum absolute atomic E-state index is 11.8. The summed E-state index contributed by atoms with van der Waals surface area (Å²) >= 11 is 5.77. The first-order valence-electron chi connectivity index (χ1n) is 5.51. The fourth-order valence-electron chi connectivity index (χ4n) is 1.80. The molecule has 1 heterocycles. The Morgan fingerprint density at radius 2 is 2.22 bits per heavy atom. The van der Waals surface area contributed by atoms with E-state index in [1.54, 1.807) is 0 Å². The highest BCUT2D eigenvalue weighted by atomic mass is 35.5. The van der Waals surface area contributed by atoms with Crippen LogP contribution in [0.4, 0.5) is 5.69 Å². The van der Waals surface area contributed by atoms with Crippen LogP contribution in [0, 0.1) is 0 Å². The van der Waals surface area contributed by atoms with Gasteiger partial charge in [-0.05, 0) is 31.0 Å². The number of carboxylic acids is 1. The lowest BCUT2D eigenvalue weighted by Crippen LogP contribution is -2.29. The van der Waals surface area contributed by atoms with Crippen LogP contribution in [0.25, 0.3) is 0 Å². The smallest absolute Gasteiger partial charge is 0.253 e. The molecule has 0 bridgehead atoms. The predicted molar refractivity (Wildman–Crippen MR) is 63.4 cm³/mol. The standard InChI is InChI=1S/C12H12ClNO4/c13-7-3-4-8(12(16)17)9(6-7)14-11(15)10-2-1-5-18-10/h3-4,6,10H,1-2,5H2,(H,14,15)(H,16,17)/p-1/t10-/m1/s1. The van der Waals surface area contributed by atoms with Gasteiger partial charge in [-0.15, -0.1) is 0 Å². The van der Waals surface area contributed by atoms with Crippen molar-refractivity contribution >= 4 is 29.2 Å². The van der Waals surface area contributed by atoms with E-state index in [1.807, 2.05) is 0 Å². The molecule has 1 aromatic rings. The Bertz CT molecular complexity index is 483. The molecule has 1 atom stereocenters. The second-order valence-corrected chi connectivity index (χ2v) is 4.40. The number of amides is 1. The van der Waals surface area contributed by atoms with Gasteiger partial charge in [0.15, 0.2) is 0 Å². The van der Waals surface area contributed by atoms with Crippen molar-refractivity contribution in [1.29, 1.82) is 0 Å². The SMILES string of the molecule is O=C([O-])c1ccc(Cl)cc1NC(=O)[C@H]1CCCO1. The van der Waals surface area contributed by atoms with Crippen molar-refractivity contribution in [3.8, 4) is 0 Å². The number of nitrogens with one attached hydrogen (secondary N) is 1. The molecule has 1 aromatic carbocycles. The molecule has 1 fully saturated rings. The Hall–Kier alpha value is -1.59. The highest BCUT2D eigenvalue weighted by molar-refractivity contribution is 6.31. The van der Waals surface area contributed by atoms with Crippen LogP contribution in [-0.4, -0.2) is 24.6 Å². The van der Waals surface area contributed by atoms with Crippen LogP contribution in [-0.2, 0) is 9.53 Å². The molecule has 96 valence electrons. The van der Waals surface area contributed by atoms with Crippen molar-refractivity contribution in [2.75, 3.05) is 11.9 Å². The number of anilines is 1. The van der Waals surface area contributed by atoms with E-state index in [0.29, 0.717) is 18.1 Å². The van der Waals surface area contributed by atoms with Crippen molar-refractivity contribution in [3.05, 3.63) is 28.8 Å². The van der Waals surface area contributed by atoms with Crippen LogP contribution in [0.2, 0.25) is 5.02 Å². The van der Waals surface area contributed by atoms with Gasteiger partial charge in [0.1, 0.15) is 6.10 Å². The third-order valence-corrected chi connectivity index (χ3v) is 2.92. The Morgan fingerprint density at radius 1 is 1.44 bits per heavy atom. The van der Waals surface area contributed by atoms with Crippen molar-refractivity contribution in [1.82, 2.24) is 0 Å². The summed E-state index contributed by atoms with van der Waals surface area (Å²) < 4.78 is 5.21. The topological polar surface area (TPSA) is 78.5 Å². The average Bonchev–Trinajstić information content (AvgIpc) is 2.81. The Labute approximate surface area is 109 Å². The summed E-state index contributed by atoms with van der Waals surface area (Å²) in [6, 6.07) is 4.09. The number of hydrogen-bond acceptors (Lipinski definition) is 4. The van der Waals surface area contributed by atoms with E-state index >= 15 is 0 Å². The number of rotatable bonds is 3. The molecule has 1 N–H and O–H groups in total. The van der Waals surface area contributed by atoms with Gasteiger partial charge < -0.3 is 20.0 Å². The maximum atomic E-state index is 11.8. The van der Waals surface area contributed by atoms with Crippen LogP contribution < -0.4 is 10.4 Å². The van der Waals surface area contributed by atoms with Crippen molar-refractivity contribution < 1.29 is 19.4 Å². The second kappa shape index (κ2) is 5.37. The Morgan fingerprint density at radius 3 is 2.83 bits per heavy atom. The van der Waals surface area contributed by atoms with Gasteiger partial charge >= 0.3 is 0 Å². The molecule has 18 heavy (non-hydrogen) atoms. The van der Waals surface area contributed by atoms with E-state index in [4.69, 9.17) is 16.3 Å². The second-order valence-electron chi connectivity index (χ2n) is 3.97. The molecule has 1 amide bonds. The lowest BCUT2D eigenvalue weighted by Gasteiger charge is -2.14. The molecule has 1 aliphatic rings. The molecule has 0 unspecified atom stereocenters. The van der Waals surface area contributed by atoms with Crippen molar-refractivity contribution in [2.45, 2.75) is 18.9 Å². The van der Waals surface area contributed by atoms with Crippen LogP contribution in [0.1, 0.15) is 23.2 Å². The summed E-state index contributed by atoms with van der Waals surface area (Å²) in [5.41, 5.74) is 0.0220. The van der Waals surface area contributed by atoms with Crippen LogP contribution in [0.15, 0.2) is 18.2 Å². The zero-order valence-electron chi connectivity index (χ0n) is 9.44. The zero-order chi connectivity index (χ0) is 13.1. The maximum Gasteiger partial charge on any atom is 0.253 e. The molecule has 2 rings (SSSR count). The summed E-state index contributed by atoms with van der Waals surface area (Å²) in [6.07, 6.45) is 0.923. The van der Waals surface area contributed by atoms with E-state index in [-0.39, 0.29) is 17.2 Å². The summed E-state index contributed by atoms with van der Waals surface area (Å²) in [5, 5.41) is 13.7. The summed E-state index contributed by atoms with van der Waals surface area (Å²) in [4.78, 5) is 22.7. The average molecular weight is 269 g/mol. The third kappa shape index (κ3) is 2.80. The van der Waals surface area contributed by atoms with Gasteiger partial charge in [0, 0.05) is 17.2 Å². The minimum absolute atomic E-state index is 0.106. The van der Waals surface area contributed by atoms with Gasteiger partial charge in [0.25, 0.3) is 5.91 Å². The molecular formula is C12H11ClNO4-. The lowest BCUT2D eigenvalue weighted by atomic mass is 10.1. The molecule has 0 radical (unpaired) electrons. The lowest BCUT2D eigenvalue weighted by molar-refractivity contribution is -0.254. The van der Waals surface area contributed by atoms with Gasteiger partial charge in [0.05, 0.1) is 11.7 Å². The largest absolute Gasteiger partial charge is 0.545 e. The number of benzene rings is 1. The van der Waals surface area contributed by atoms with E-state index < -0.39 is 12.1 Å². The molecule has 6 heteroatoms. The number of carboxylic acid groups (broad SMARTS) is 1. The van der Waals surface area contributed by atoms with Gasteiger partial charge in [-0.2, -0.15) is 0 Å². The van der Waals surface area contributed by atoms with Gasteiger partial charge in [0.2, 0.25) is 0 Å². The summed E-state index contributed by atoms with van der Waals surface area (Å²) in [6.45, 7) is 0.543. The van der Waals surface area contributed by atoms with Crippen LogP contribution in [0.5, 0.6) is 0 Å². The molecule has 1 saturated heterocycles. The van der Waals surface area contributed by atoms with Gasteiger partial charge in [-0.25, -0.2) is 0 Å². The minimum Gasteiger partial charge on any atom is -0.545 e. The molecular weight excluding hydrogens is 258 g/mol. The number of ether oxygens (including phenoxy) is 1. The van der Waals surface area contributed by atoms with Crippen molar-refractivity contribution in [3.63, 3.8) is 0 Å². The van der Waals surface area contributed by atoms with E-state index in [0.717, 1.165) is 6.42 Å². The number of hydrogen-bond donors (Lipinski definition) is 1. The summed E-state index contributed by atoms with van der Waals surface area (Å²) in [5.74, 6) is -1.73. The number of halogens is 1. The minimum atomic E-state index is -1.37. The van der Waals surface area contributed by atoms with Crippen LogP contribution in [0.3, 0.4) is 0 Å². The first-order valence-corrected chi connectivity index (χ1v) is 5.89. The zero-order valence-corrected chi connectivity index (χ0v) is 10.2. The number of aromatic carboxylic acids is 1. The van der Waals surface area contributed by atoms with E-state index in [9.17, 15) is 14.7 Å². The molecule has 1 aliphatic heterocycles. The number of carbonyl (C=O) groups is 2. The monoisotopic (exact) mass is 268 g/mol. The first-order chi connectivity index (χ1) is 8.58. The molecule has 0 aliphatic carbocycles. The normalized spacial score (nSPS) is 18.6.